The van der Waals surface area contributed by atoms with E-state index in [1.165, 1.54) is 24.6 Å². The van der Waals surface area contributed by atoms with Crippen LogP contribution in [-0.2, 0) is 9.59 Å². The molecular formula is C13H23NO3S. The van der Waals surface area contributed by atoms with Gasteiger partial charge < -0.3 is 10.0 Å². The normalized spacial score (nSPS) is 16.2. The third-order valence-corrected chi connectivity index (χ3v) is 4.00. The van der Waals surface area contributed by atoms with E-state index in [4.69, 9.17) is 5.11 Å². The summed E-state index contributed by atoms with van der Waals surface area (Å²) in [6, 6.07) is 0.380. The second-order valence-corrected chi connectivity index (χ2v) is 6.25. The van der Waals surface area contributed by atoms with Gasteiger partial charge >= 0.3 is 5.97 Å². The van der Waals surface area contributed by atoms with Crippen LogP contribution in [0.2, 0.25) is 0 Å². The molecule has 0 heterocycles. The number of carboxylic acids is 1. The zero-order valence-electron chi connectivity index (χ0n) is 11.2. The monoisotopic (exact) mass is 273 g/mol. The van der Waals surface area contributed by atoms with E-state index < -0.39 is 5.97 Å². The average molecular weight is 273 g/mol. The van der Waals surface area contributed by atoms with Gasteiger partial charge in [0, 0.05) is 12.6 Å². The van der Waals surface area contributed by atoms with E-state index >= 15 is 0 Å². The number of hydrogen-bond donors (Lipinski definition) is 1. The first kappa shape index (κ1) is 15.3. The van der Waals surface area contributed by atoms with Gasteiger partial charge in [-0.1, -0.05) is 26.7 Å². The molecule has 104 valence electrons. The van der Waals surface area contributed by atoms with Crippen molar-refractivity contribution in [2.24, 2.45) is 5.92 Å². The minimum absolute atomic E-state index is 0.00588. The Morgan fingerprint density at radius 2 is 1.89 bits per heavy atom. The first-order valence-corrected chi connectivity index (χ1v) is 7.75. The lowest BCUT2D eigenvalue weighted by Gasteiger charge is -2.30. The molecule has 0 aromatic carbocycles. The summed E-state index contributed by atoms with van der Waals surface area (Å²) in [7, 11) is 0. The predicted molar refractivity (Wildman–Crippen MR) is 73.8 cm³/mol. The average Bonchev–Trinajstić information content (AvgIpc) is 2.78. The molecule has 18 heavy (non-hydrogen) atoms. The van der Waals surface area contributed by atoms with Crippen LogP contribution in [0, 0.1) is 5.92 Å². The van der Waals surface area contributed by atoms with Gasteiger partial charge in [0.1, 0.15) is 0 Å². The van der Waals surface area contributed by atoms with E-state index in [-0.39, 0.29) is 17.4 Å². The maximum absolute atomic E-state index is 12.2. The van der Waals surface area contributed by atoms with Crippen molar-refractivity contribution >= 4 is 23.6 Å². The predicted octanol–water partition coefficient (Wildman–Crippen LogP) is 2.23. The number of hydrogen-bond acceptors (Lipinski definition) is 3. The topological polar surface area (TPSA) is 57.6 Å². The molecule has 0 aliphatic heterocycles. The number of carbonyl (C=O) groups excluding carboxylic acids is 1. The smallest absolute Gasteiger partial charge is 0.313 e. The van der Waals surface area contributed by atoms with Gasteiger partial charge in [0.15, 0.2) is 0 Å². The lowest BCUT2D eigenvalue weighted by molar-refractivity contribution is -0.133. The first-order valence-electron chi connectivity index (χ1n) is 6.59. The fraction of sp³-hybridized carbons (Fsp3) is 0.846. The number of carbonyl (C=O) groups is 2. The van der Waals surface area contributed by atoms with Crippen molar-refractivity contribution in [1.82, 2.24) is 4.90 Å². The van der Waals surface area contributed by atoms with Crippen molar-refractivity contribution < 1.29 is 14.7 Å². The Morgan fingerprint density at radius 3 is 2.39 bits per heavy atom. The van der Waals surface area contributed by atoms with Crippen LogP contribution in [0.25, 0.3) is 0 Å². The van der Waals surface area contributed by atoms with E-state index in [9.17, 15) is 9.59 Å². The van der Waals surface area contributed by atoms with E-state index in [1.54, 1.807) is 0 Å². The second kappa shape index (κ2) is 7.67. The van der Waals surface area contributed by atoms with Crippen LogP contribution in [0.3, 0.4) is 0 Å². The maximum atomic E-state index is 12.2. The highest BCUT2D eigenvalue weighted by Crippen LogP contribution is 2.25. The number of rotatable bonds is 7. The molecule has 4 nitrogen and oxygen atoms in total. The third-order valence-electron chi connectivity index (χ3n) is 3.10. The Bertz CT molecular complexity index is 288. The summed E-state index contributed by atoms with van der Waals surface area (Å²) >= 11 is 1.19. The summed E-state index contributed by atoms with van der Waals surface area (Å²) in [6.45, 7) is 5.01. The van der Waals surface area contributed by atoms with Crippen molar-refractivity contribution in [3.8, 4) is 0 Å². The van der Waals surface area contributed by atoms with Crippen molar-refractivity contribution in [2.45, 2.75) is 45.6 Å². The molecule has 1 fully saturated rings. The molecule has 0 bridgehead atoms. The summed E-state index contributed by atoms with van der Waals surface area (Å²) in [5.74, 6) is -0.00787. The van der Waals surface area contributed by atoms with Gasteiger partial charge in [0.2, 0.25) is 5.91 Å². The van der Waals surface area contributed by atoms with E-state index in [1.807, 2.05) is 4.90 Å². The second-order valence-electron chi connectivity index (χ2n) is 5.26. The third kappa shape index (κ3) is 5.29. The van der Waals surface area contributed by atoms with Crippen LogP contribution in [0.1, 0.15) is 39.5 Å². The molecule has 5 heteroatoms. The van der Waals surface area contributed by atoms with Gasteiger partial charge in [-0.05, 0) is 18.8 Å². The molecule has 0 atom stereocenters. The van der Waals surface area contributed by atoms with Crippen molar-refractivity contribution in [3.05, 3.63) is 0 Å². The molecular weight excluding hydrogens is 250 g/mol. The SMILES string of the molecule is CC(C)CN(C(=O)CSCC(=O)O)C1CCCC1. The highest BCUT2D eigenvalue weighted by molar-refractivity contribution is 8.00. The fourth-order valence-electron chi connectivity index (χ4n) is 2.37. The van der Waals surface area contributed by atoms with E-state index in [0.717, 1.165) is 19.4 Å². The molecule has 0 aromatic heterocycles. The van der Waals surface area contributed by atoms with Crippen molar-refractivity contribution in [2.75, 3.05) is 18.1 Å². The van der Waals surface area contributed by atoms with Crippen molar-refractivity contribution in [1.29, 1.82) is 0 Å². The molecule has 1 rings (SSSR count). The molecule has 1 aliphatic rings. The maximum Gasteiger partial charge on any atom is 0.313 e. The summed E-state index contributed by atoms with van der Waals surface area (Å²) in [5.41, 5.74) is 0. The summed E-state index contributed by atoms with van der Waals surface area (Å²) in [4.78, 5) is 24.6. The van der Waals surface area contributed by atoms with Crippen LogP contribution in [0.4, 0.5) is 0 Å². The minimum Gasteiger partial charge on any atom is -0.481 e. The van der Waals surface area contributed by atoms with Crippen LogP contribution in [0.5, 0.6) is 0 Å². The number of nitrogens with zero attached hydrogens (tertiary/aromatic N) is 1. The molecule has 1 N–H and O–H groups in total. The number of amides is 1. The highest BCUT2D eigenvalue weighted by Gasteiger charge is 2.26. The number of carboxylic acid groups (broad SMARTS) is 1. The molecule has 1 aliphatic carbocycles. The molecule has 0 aromatic rings. The van der Waals surface area contributed by atoms with Crippen LogP contribution in [0.15, 0.2) is 0 Å². The fourth-order valence-corrected chi connectivity index (χ4v) is 2.99. The van der Waals surface area contributed by atoms with Gasteiger partial charge in [-0.2, -0.15) is 0 Å². The molecule has 1 amide bonds. The summed E-state index contributed by atoms with van der Waals surface area (Å²) in [6.07, 6.45) is 4.60. The zero-order valence-corrected chi connectivity index (χ0v) is 12.0. The first-order chi connectivity index (χ1) is 8.50. The Hall–Kier alpha value is -0.710. The number of thioether (sulfide) groups is 1. The van der Waals surface area contributed by atoms with E-state index in [0.29, 0.717) is 12.0 Å². The molecule has 1 saturated carbocycles. The molecule has 0 spiro atoms. The quantitative estimate of drug-likeness (QED) is 0.773. The zero-order chi connectivity index (χ0) is 13.5. The van der Waals surface area contributed by atoms with Crippen LogP contribution < -0.4 is 0 Å². The van der Waals surface area contributed by atoms with Gasteiger partial charge in [-0.25, -0.2) is 0 Å². The van der Waals surface area contributed by atoms with Crippen LogP contribution >= 0.6 is 11.8 Å². The minimum atomic E-state index is -0.857. The standard InChI is InChI=1S/C13H23NO3S/c1-10(2)7-14(11-5-3-4-6-11)12(15)8-18-9-13(16)17/h10-11H,3-9H2,1-2H3,(H,16,17). The van der Waals surface area contributed by atoms with Gasteiger partial charge in [0.05, 0.1) is 11.5 Å². The molecule has 0 radical (unpaired) electrons. The Balaban J connectivity index is 2.47. The van der Waals surface area contributed by atoms with Crippen LogP contribution in [-0.4, -0.2) is 46.0 Å². The molecule has 0 unspecified atom stereocenters. The van der Waals surface area contributed by atoms with Crippen molar-refractivity contribution in [3.63, 3.8) is 0 Å². The molecule has 0 saturated heterocycles. The lowest BCUT2D eigenvalue weighted by atomic mass is 10.1. The van der Waals surface area contributed by atoms with E-state index in [2.05, 4.69) is 13.8 Å². The van der Waals surface area contributed by atoms with Gasteiger partial charge in [0.25, 0.3) is 0 Å². The Morgan fingerprint density at radius 1 is 1.28 bits per heavy atom. The lowest BCUT2D eigenvalue weighted by Crippen LogP contribution is -2.42. The highest BCUT2D eigenvalue weighted by atomic mass is 32.2. The summed E-state index contributed by atoms with van der Waals surface area (Å²) < 4.78 is 0. The Labute approximate surface area is 113 Å². The summed E-state index contributed by atoms with van der Waals surface area (Å²) in [5, 5.41) is 8.58. The largest absolute Gasteiger partial charge is 0.481 e. The number of aliphatic carboxylic acids is 1. The van der Waals surface area contributed by atoms with Gasteiger partial charge in [-0.3, -0.25) is 9.59 Å². The van der Waals surface area contributed by atoms with Gasteiger partial charge in [-0.15, -0.1) is 11.8 Å². The Kier molecular flexibility index (Phi) is 6.54.